The number of aromatic amines is 2. The zero-order valence-corrected chi connectivity index (χ0v) is 19.2. The van der Waals surface area contributed by atoms with E-state index < -0.39 is 0 Å². The molecule has 4 rings (SSSR count). The van der Waals surface area contributed by atoms with Gasteiger partial charge in [0.2, 0.25) is 0 Å². The molecule has 0 saturated carbocycles. The molecule has 1 aromatic carbocycles. The summed E-state index contributed by atoms with van der Waals surface area (Å²) in [5.74, 6) is 1.87. The van der Waals surface area contributed by atoms with E-state index in [0.29, 0.717) is 13.5 Å². The molecule has 9 nitrogen and oxygen atoms in total. The van der Waals surface area contributed by atoms with Gasteiger partial charge in [0.25, 0.3) is 0 Å². The number of benzene rings is 1. The van der Waals surface area contributed by atoms with Crippen LogP contribution in [-0.2, 0) is 17.8 Å². The lowest BCUT2D eigenvalue weighted by Crippen LogP contribution is -2.33. The molecule has 4 aromatic rings. The molecule has 0 aliphatic heterocycles. The number of anilines is 1. The Hall–Kier alpha value is -2.54. The molecule has 3 heterocycles. The minimum Gasteiger partial charge on any atom is -0.362 e. The van der Waals surface area contributed by atoms with Crippen LogP contribution in [0, 0.1) is 3.57 Å². The van der Waals surface area contributed by atoms with E-state index in [2.05, 4.69) is 81.2 Å². The number of imidazole rings is 2. The van der Waals surface area contributed by atoms with Gasteiger partial charge in [-0.15, -0.1) is 0 Å². The molecule has 0 spiro atoms. The van der Waals surface area contributed by atoms with Crippen LogP contribution in [0.4, 0.5) is 5.69 Å². The van der Waals surface area contributed by atoms with Crippen molar-refractivity contribution in [2.45, 2.75) is 13.1 Å². The van der Waals surface area contributed by atoms with Crippen LogP contribution in [0.1, 0.15) is 11.6 Å². The average molecular weight is 532 g/mol. The number of rotatable bonds is 12. The number of hydrogen-bond donors (Lipinski definition) is 4. The molecule has 3 aromatic heterocycles. The molecule has 0 aliphatic carbocycles. The molecule has 0 saturated heterocycles. The van der Waals surface area contributed by atoms with Crippen LogP contribution in [0.2, 0.25) is 0 Å². The molecule has 0 unspecified atom stereocenters. The number of fused-ring (bicyclic) bond motifs is 1. The summed E-state index contributed by atoms with van der Waals surface area (Å²) >= 11 is 2.30. The standard InChI is InChI=1S/C21H25IN8O/c22-16-1-2-17-18(3-4-24-19(17)11-16)29-15-31-14-23-9-10-30(12-20-25-5-6-26-20)13-21-27-7-8-28-21/h1-8,11,23H,9-10,12-15H2,(H,24,29)(H,25,26)(H,27,28). The van der Waals surface area contributed by atoms with Crippen molar-refractivity contribution < 1.29 is 4.74 Å². The molecule has 0 bridgehead atoms. The lowest BCUT2D eigenvalue weighted by atomic mass is 10.2. The quantitative estimate of drug-likeness (QED) is 0.126. The van der Waals surface area contributed by atoms with Crippen LogP contribution in [0.25, 0.3) is 10.9 Å². The molecule has 162 valence electrons. The smallest absolute Gasteiger partial charge is 0.120 e. The first-order valence-electron chi connectivity index (χ1n) is 10.0. The van der Waals surface area contributed by atoms with E-state index in [1.807, 2.05) is 24.7 Å². The second-order valence-corrected chi connectivity index (χ2v) is 8.22. The monoisotopic (exact) mass is 532 g/mol. The zero-order chi connectivity index (χ0) is 21.3. The van der Waals surface area contributed by atoms with Crippen molar-refractivity contribution in [1.29, 1.82) is 0 Å². The first-order valence-corrected chi connectivity index (χ1v) is 11.1. The molecule has 4 N–H and O–H groups in total. The van der Waals surface area contributed by atoms with Crippen molar-refractivity contribution in [3.8, 4) is 0 Å². The van der Waals surface area contributed by atoms with E-state index in [1.165, 1.54) is 3.57 Å². The van der Waals surface area contributed by atoms with Crippen molar-refractivity contribution in [1.82, 2.24) is 35.1 Å². The summed E-state index contributed by atoms with van der Waals surface area (Å²) in [5.41, 5.74) is 1.99. The van der Waals surface area contributed by atoms with Crippen LogP contribution in [-0.4, -0.2) is 56.4 Å². The third-order valence-electron chi connectivity index (χ3n) is 4.73. The number of ether oxygens (including phenoxy) is 1. The first kappa shape index (κ1) is 21.7. The van der Waals surface area contributed by atoms with E-state index >= 15 is 0 Å². The Morgan fingerprint density at radius 3 is 2.42 bits per heavy atom. The third-order valence-corrected chi connectivity index (χ3v) is 5.41. The van der Waals surface area contributed by atoms with E-state index in [9.17, 15) is 0 Å². The van der Waals surface area contributed by atoms with Gasteiger partial charge < -0.3 is 20.0 Å². The van der Waals surface area contributed by atoms with Gasteiger partial charge in [-0.1, -0.05) is 0 Å². The highest BCUT2D eigenvalue weighted by Gasteiger charge is 2.10. The van der Waals surface area contributed by atoms with Crippen LogP contribution in [0.5, 0.6) is 0 Å². The van der Waals surface area contributed by atoms with Gasteiger partial charge in [-0.3, -0.25) is 15.2 Å². The lowest BCUT2D eigenvalue weighted by Gasteiger charge is -2.20. The zero-order valence-electron chi connectivity index (χ0n) is 17.0. The third kappa shape index (κ3) is 6.47. The van der Waals surface area contributed by atoms with Crippen molar-refractivity contribution in [3.63, 3.8) is 0 Å². The Morgan fingerprint density at radius 2 is 1.71 bits per heavy atom. The van der Waals surface area contributed by atoms with Crippen LogP contribution >= 0.6 is 22.6 Å². The van der Waals surface area contributed by atoms with Gasteiger partial charge in [0.1, 0.15) is 18.4 Å². The number of hydrogen-bond acceptors (Lipinski definition) is 7. The SMILES string of the molecule is Ic1ccc2c(NCOCNCCN(Cc3ncc[nH]3)Cc3ncc[nH]3)ccnc2c1. The largest absolute Gasteiger partial charge is 0.362 e. The molecule has 10 heteroatoms. The molecular formula is C21H25IN8O. The minimum atomic E-state index is 0.417. The predicted octanol–water partition coefficient (Wildman–Crippen LogP) is 2.92. The summed E-state index contributed by atoms with van der Waals surface area (Å²) in [5, 5.41) is 7.74. The van der Waals surface area contributed by atoms with Crippen LogP contribution in [0.3, 0.4) is 0 Å². The number of nitrogens with zero attached hydrogens (tertiary/aromatic N) is 4. The molecular weight excluding hydrogens is 507 g/mol. The molecule has 0 atom stereocenters. The number of aromatic nitrogens is 5. The number of nitrogens with one attached hydrogen (secondary N) is 4. The van der Waals surface area contributed by atoms with Gasteiger partial charge in [0.05, 0.1) is 25.3 Å². The second kappa shape index (κ2) is 11.2. The van der Waals surface area contributed by atoms with Gasteiger partial charge in [-0.2, -0.15) is 0 Å². The number of H-pyrrole nitrogens is 2. The second-order valence-electron chi connectivity index (χ2n) is 6.97. The van der Waals surface area contributed by atoms with Crippen molar-refractivity contribution in [3.05, 3.63) is 70.5 Å². The van der Waals surface area contributed by atoms with E-state index in [4.69, 9.17) is 4.74 Å². The predicted molar refractivity (Wildman–Crippen MR) is 128 cm³/mol. The molecule has 31 heavy (non-hydrogen) atoms. The maximum atomic E-state index is 5.70. The van der Waals surface area contributed by atoms with Crippen LogP contribution in [0.15, 0.2) is 55.2 Å². The fourth-order valence-electron chi connectivity index (χ4n) is 3.24. The van der Waals surface area contributed by atoms with Gasteiger partial charge in [0, 0.05) is 58.7 Å². The number of halogens is 1. The highest BCUT2D eigenvalue weighted by atomic mass is 127. The molecule has 0 radical (unpaired) electrons. The van der Waals surface area contributed by atoms with Gasteiger partial charge in [-0.25, -0.2) is 9.97 Å². The summed E-state index contributed by atoms with van der Waals surface area (Å²) in [6.45, 7) is 3.96. The fraction of sp³-hybridized carbons (Fsp3) is 0.286. The highest BCUT2D eigenvalue weighted by Crippen LogP contribution is 2.22. The summed E-state index contributed by atoms with van der Waals surface area (Å²) in [7, 11) is 0. The maximum Gasteiger partial charge on any atom is 0.120 e. The Kier molecular flexibility index (Phi) is 7.82. The summed E-state index contributed by atoms with van der Waals surface area (Å²) in [4.78, 5) is 21.7. The topological polar surface area (TPSA) is 107 Å². The summed E-state index contributed by atoms with van der Waals surface area (Å²) in [6, 6.07) is 8.19. The maximum absolute atomic E-state index is 5.70. The van der Waals surface area contributed by atoms with Gasteiger partial charge in [0.15, 0.2) is 0 Å². The summed E-state index contributed by atoms with van der Waals surface area (Å²) < 4.78 is 6.87. The van der Waals surface area contributed by atoms with E-state index in [0.717, 1.165) is 54.4 Å². The average Bonchev–Trinajstić information content (AvgIpc) is 3.47. The number of pyridine rings is 1. The van der Waals surface area contributed by atoms with Crippen molar-refractivity contribution >= 4 is 39.2 Å². The first-order chi connectivity index (χ1) is 15.3. The van der Waals surface area contributed by atoms with Crippen molar-refractivity contribution in [2.24, 2.45) is 0 Å². The molecule has 0 fully saturated rings. The normalized spacial score (nSPS) is 11.4. The van der Waals surface area contributed by atoms with Gasteiger partial charge in [-0.05, 0) is 46.9 Å². The minimum absolute atomic E-state index is 0.417. The Labute approximate surface area is 194 Å². The Bertz CT molecular complexity index is 1020. The highest BCUT2D eigenvalue weighted by molar-refractivity contribution is 14.1. The van der Waals surface area contributed by atoms with Crippen LogP contribution < -0.4 is 10.6 Å². The molecule has 0 amide bonds. The Morgan fingerprint density at radius 1 is 0.935 bits per heavy atom. The van der Waals surface area contributed by atoms with Gasteiger partial charge >= 0.3 is 0 Å². The lowest BCUT2D eigenvalue weighted by molar-refractivity contribution is 0.128. The van der Waals surface area contributed by atoms with E-state index in [1.54, 1.807) is 12.4 Å². The fourth-order valence-corrected chi connectivity index (χ4v) is 3.72. The van der Waals surface area contributed by atoms with E-state index in [-0.39, 0.29) is 0 Å². The summed E-state index contributed by atoms with van der Waals surface area (Å²) in [6.07, 6.45) is 9.03. The van der Waals surface area contributed by atoms with Crippen molar-refractivity contribution in [2.75, 3.05) is 31.9 Å². The Balaban J connectivity index is 1.18. The molecule has 0 aliphatic rings.